The molecule has 3 nitrogen and oxygen atoms in total. The lowest BCUT2D eigenvalue weighted by Gasteiger charge is -2.02. The lowest BCUT2D eigenvalue weighted by molar-refractivity contribution is 0.362. The van der Waals surface area contributed by atoms with Gasteiger partial charge in [0.2, 0.25) is 0 Å². The molecule has 0 heterocycles. The van der Waals surface area contributed by atoms with E-state index >= 15 is 0 Å². The van der Waals surface area contributed by atoms with Crippen LogP contribution in [0.2, 0.25) is 0 Å². The van der Waals surface area contributed by atoms with Crippen molar-refractivity contribution in [2.24, 2.45) is 0 Å². The zero-order valence-electron chi connectivity index (χ0n) is 6.32. The molecule has 1 aromatic rings. The summed E-state index contributed by atoms with van der Waals surface area (Å²) in [5.41, 5.74) is 0. The second kappa shape index (κ2) is 3.54. The van der Waals surface area contributed by atoms with Crippen LogP contribution in [0.25, 0.3) is 0 Å². The topological polar surface area (TPSA) is 49.7 Å². The zero-order chi connectivity index (χ0) is 8.97. The predicted octanol–water partition coefficient (Wildman–Crippen LogP) is 1.11. The summed E-state index contributed by atoms with van der Waals surface area (Å²) in [6, 6.07) is 3.96. The SMILES string of the molecule is C#CCOc1cc(O)cc(O)c1. The van der Waals surface area contributed by atoms with Gasteiger partial charge < -0.3 is 14.9 Å². The van der Waals surface area contributed by atoms with Crippen molar-refractivity contribution in [2.75, 3.05) is 6.61 Å². The maximum Gasteiger partial charge on any atom is 0.148 e. The van der Waals surface area contributed by atoms with Crippen LogP contribution in [0, 0.1) is 12.3 Å². The third-order valence-corrected chi connectivity index (χ3v) is 1.20. The van der Waals surface area contributed by atoms with Gasteiger partial charge in [0.15, 0.2) is 0 Å². The van der Waals surface area contributed by atoms with Crippen LogP contribution in [0.1, 0.15) is 0 Å². The molecule has 0 atom stereocenters. The molecule has 0 bridgehead atoms. The van der Waals surface area contributed by atoms with E-state index < -0.39 is 0 Å². The van der Waals surface area contributed by atoms with Crippen LogP contribution in [0.4, 0.5) is 0 Å². The van der Waals surface area contributed by atoms with Crippen molar-refractivity contribution in [3.63, 3.8) is 0 Å². The fourth-order valence-electron chi connectivity index (χ4n) is 0.776. The minimum atomic E-state index is -0.0537. The Hall–Kier alpha value is -1.82. The molecule has 0 fully saturated rings. The Morgan fingerprint density at radius 1 is 1.25 bits per heavy atom. The van der Waals surface area contributed by atoms with E-state index in [1.807, 2.05) is 0 Å². The number of aromatic hydroxyl groups is 2. The summed E-state index contributed by atoms with van der Waals surface area (Å²) in [4.78, 5) is 0. The van der Waals surface area contributed by atoms with E-state index in [1.54, 1.807) is 0 Å². The average molecular weight is 164 g/mol. The van der Waals surface area contributed by atoms with Crippen molar-refractivity contribution in [1.29, 1.82) is 0 Å². The van der Waals surface area contributed by atoms with Gasteiger partial charge in [0.25, 0.3) is 0 Å². The molecule has 3 heteroatoms. The van der Waals surface area contributed by atoms with Gasteiger partial charge in [-0.25, -0.2) is 0 Å². The van der Waals surface area contributed by atoms with E-state index in [0.717, 1.165) is 0 Å². The molecule has 62 valence electrons. The van der Waals surface area contributed by atoms with Crippen LogP contribution in [0.3, 0.4) is 0 Å². The first-order chi connectivity index (χ1) is 5.72. The van der Waals surface area contributed by atoms with Gasteiger partial charge in [-0.15, -0.1) is 6.42 Å². The summed E-state index contributed by atoms with van der Waals surface area (Å²) in [6.07, 6.45) is 4.95. The Balaban J connectivity index is 2.80. The summed E-state index contributed by atoms with van der Waals surface area (Å²) in [5, 5.41) is 18.0. The molecule has 1 rings (SSSR count). The predicted molar refractivity (Wildman–Crippen MR) is 44.1 cm³/mol. The van der Waals surface area contributed by atoms with Crippen molar-refractivity contribution in [2.45, 2.75) is 0 Å². The van der Waals surface area contributed by atoms with Gasteiger partial charge in [0.05, 0.1) is 0 Å². The number of hydrogen-bond acceptors (Lipinski definition) is 3. The fraction of sp³-hybridized carbons (Fsp3) is 0.111. The molecule has 0 spiro atoms. The second-order valence-corrected chi connectivity index (χ2v) is 2.18. The Kier molecular flexibility index (Phi) is 2.44. The van der Waals surface area contributed by atoms with Crippen molar-refractivity contribution >= 4 is 0 Å². The Morgan fingerprint density at radius 3 is 2.33 bits per heavy atom. The monoisotopic (exact) mass is 164 g/mol. The summed E-state index contributed by atoms with van der Waals surface area (Å²) < 4.78 is 4.96. The summed E-state index contributed by atoms with van der Waals surface area (Å²) >= 11 is 0. The molecule has 0 aromatic heterocycles. The van der Waals surface area contributed by atoms with E-state index in [-0.39, 0.29) is 18.1 Å². The molecule has 12 heavy (non-hydrogen) atoms. The second-order valence-electron chi connectivity index (χ2n) is 2.18. The van der Waals surface area contributed by atoms with Crippen LogP contribution in [-0.4, -0.2) is 16.8 Å². The number of phenolic OH excluding ortho intramolecular Hbond substituents is 2. The average Bonchev–Trinajstić information content (AvgIpc) is 1.99. The van der Waals surface area contributed by atoms with Crippen LogP contribution in [-0.2, 0) is 0 Å². The van der Waals surface area contributed by atoms with E-state index in [9.17, 15) is 0 Å². The Bertz CT molecular complexity index is 292. The van der Waals surface area contributed by atoms with Gasteiger partial charge in [-0.1, -0.05) is 5.92 Å². The molecule has 0 aliphatic heterocycles. The number of phenols is 2. The molecule has 0 unspecified atom stereocenters. The molecular weight excluding hydrogens is 156 g/mol. The molecule has 1 aromatic carbocycles. The normalized spacial score (nSPS) is 8.92. The third kappa shape index (κ3) is 2.10. The van der Waals surface area contributed by atoms with E-state index in [0.29, 0.717) is 5.75 Å². The van der Waals surface area contributed by atoms with Crippen molar-refractivity contribution < 1.29 is 14.9 Å². The number of ether oxygens (including phenoxy) is 1. The number of rotatable bonds is 2. The van der Waals surface area contributed by atoms with Gasteiger partial charge in [0.1, 0.15) is 23.9 Å². The third-order valence-electron chi connectivity index (χ3n) is 1.20. The number of hydrogen-bond donors (Lipinski definition) is 2. The van der Waals surface area contributed by atoms with Crippen LogP contribution in [0.15, 0.2) is 18.2 Å². The molecule has 0 radical (unpaired) electrons. The highest BCUT2D eigenvalue weighted by Gasteiger charge is 1.98. The van der Waals surface area contributed by atoms with Crippen molar-refractivity contribution in [3.8, 4) is 29.6 Å². The highest BCUT2D eigenvalue weighted by atomic mass is 16.5. The fourth-order valence-corrected chi connectivity index (χ4v) is 0.776. The summed E-state index contributed by atoms with van der Waals surface area (Å²) in [5.74, 6) is 2.51. The standard InChI is InChI=1S/C9H8O3/c1-2-3-12-9-5-7(10)4-8(11)6-9/h1,4-6,10-11H,3H2. The minimum Gasteiger partial charge on any atom is -0.508 e. The molecule has 0 amide bonds. The van der Waals surface area contributed by atoms with Gasteiger partial charge in [-0.05, 0) is 0 Å². The van der Waals surface area contributed by atoms with E-state index in [1.165, 1.54) is 18.2 Å². The van der Waals surface area contributed by atoms with E-state index in [2.05, 4.69) is 5.92 Å². The number of terminal acetylenes is 1. The molecule has 0 aliphatic rings. The van der Waals surface area contributed by atoms with Gasteiger partial charge in [-0.2, -0.15) is 0 Å². The Labute approximate surface area is 70.2 Å². The summed E-state index contributed by atoms with van der Waals surface area (Å²) in [7, 11) is 0. The summed E-state index contributed by atoms with van der Waals surface area (Å²) in [6.45, 7) is 0.114. The van der Waals surface area contributed by atoms with Crippen LogP contribution >= 0.6 is 0 Å². The van der Waals surface area contributed by atoms with Crippen molar-refractivity contribution in [3.05, 3.63) is 18.2 Å². The Morgan fingerprint density at radius 2 is 1.83 bits per heavy atom. The number of benzene rings is 1. The molecule has 0 saturated carbocycles. The zero-order valence-corrected chi connectivity index (χ0v) is 6.32. The smallest absolute Gasteiger partial charge is 0.148 e. The lowest BCUT2D eigenvalue weighted by Crippen LogP contribution is -1.92. The van der Waals surface area contributed by atoms with Crippen LogP contribution < -0.4 is 4.74 Å². The first-order valence-electron chi connectivity index (χ1n) is 3.31. The molecule has 0 saturated heterocycles. The molecule has 0 aliphatic carbocycles. The van der Waals surface area contributed by atoms with Gasteiger partial charge >= 0.3 is 0 Å². The quantitative estimate of drug-likeness (QED) is 0.644. The molecule has 2 N–H and O–H groups in total. The first-order valence-corrected chi connectivity index (χ1v) is 3.31. The van der Waals surface area contributed by atoms with Crippen molar-refractivity contribution in [1.82, 2.24) is 0 Å². The van der Waals surface area contributed by atoms with Gasteiger partial charge in [0, 0.05) is 18.2 Å². The van der Waals surface area contributed by atoms with Gasteiger partial charge in [-0.3, -0.25) is 0 Å². The maximum absolute atomic E-state index is 9.00. The maximum atomic E-state index is 9.00. The van der Waals surface area contributed by atoms with E-state index in [4.69, 9.17) is 21.4 Å². The molecular formula is C9H8O3. The van der Waals surface area contributed by atoms with Crippen LogP contribution in [0.5, 0.6) is 17.2 Å². The minimum absolute atomic E-state index is 0.0537. The highest BCUT2D eigenvalue weighted by Crippen LogP contribution is 2.25. The highest BCUT2D eigenvalue weighted by molar-refractivity contribution is 5.40. The lowest BCUT2D eigenvalue weighted by atomic mass is 10.3. The first kappa shape index (κ1) is 8.28. The largest absolute Gasteiger partial charge is 0.508 e.